The lowest BCUT2D eigenvalue weighted by Crippen LogP contribution is -2.37. The number of nitrogens with one attached hydrogen (secondary N) is 1. The Morgan fingerprint density at radius 3 is 2.88 bits per heavy atom. The van der Waals surface area contributed by atoms with Gasteiger partial charge in [0.15, 0.2) is 0 Å². The Balaban J connectivity index is 1.92. The molecule has 0 heterocycles. The van der Waals surface area contributed by atoms with Crippen LogP contribution in [-0.4, -0.2) is 6.04 Å². The van der Waals surface area contributed by atoms with Crippen molar-refractivity contribution in [3.8, 4) is 0 Å². The second-order valence-corrected chi connectivity index (χ2v) is 6.36. The van der Waals surface area contributed by atoms with Gasteiger partial charge in [-0.15, -0.1) is 0 Å². The van der Waals surface area contributed by atoms with Crippen LogP contribution in [0.2, 0.25) is 0 Å². The molecule has 1 unspecified atom stereocenters. The number of benzene rings is 1. The van der Waals surface area contributed by atoms with Gasteiger partial charge in [0.1, 0.15) is 0 Å². The average Bonchev–Trinajstić information content (AvgIpc) is 2.55. The topological polar surface area (TPSA) is 12.0 Å². The van der Waals surface area contributed by atoms with E-state index in [-0.39, 0.29) is 0 Å². The Morgan fingerprint density at radius 2 is 2.25 bits per heavy atom. The molecule has 1 fully saturated rings. The van der Waals surface area contributed by atoms with Crippen molar-refractivity contribution < 1.29 is 0 Å². The van der Waals surface area contributed by atoms with Gasteiger partial charge in [0.2, 0.25) is 0 Å². The van der Waals surface area contributed by atoms with Crippen LogP contribution in [0.5, 0.6) is 0 Å². The van der Waals surface area contributed by atoms with E-state index in [0.29, 0.717) is 11.5 Å². The standard InChI is InChI=1S/C14H20BrN/c1-14(2)8-4-7-13(14)16-10-11-5-3-6-12(15)9-11/h3,5-6,9,13,16H,4,7-8,10H2,1-2H3. The van der Waals surface area contributed by atoms with Gasteiger partial charge in [-0.1, -0.05) is 48.3 Å². The van der Waals surface area contributed by atoms with Crippen LogP contribution in [0.3, 0.4) is 0 Å². The number of halogens is 1. The molecule has 0 spiro atoms. The summed E-state index contributed by atoms with van der Waals surface area (Å²) in [6.45, 7) is 5.73. The van der Waals surface area contributed by atoms with Crippen LogP contribution in [0.25, 0.3) is 0 Å². The molecule has 0 amide bonds. The molecular formula is C14H20BrN. The first-order valence-electron chi connectivity index (χ1n) is 6.06. The largest absolute Gasteiger partial charge is 0.309 e. The smallest absolute Gasteiger partial charge is 0.0208 e. The monoisotopic (exact) mass is 281 g/mol. The minimum absolute atomic E-state index is 0.464. The third-order valence-corrected chi connectivity index (χ3v) is 4.19. The van der Waals surface area contributed by atoms with Crippen molar-refractivity contribution in [2.75, 3.05) is 0 Å². The van der Waals surface area contributed by atoms with Gasteiger partial charge in [0.25, 0.3) is 0 Å². The highest BCUT2D eigenvalue weighted by molar-refractivity contribution is 9.10. The summed E-state index contributed by atoms with van der Waals surface area (Å²) in [5, 5.41) is 3.69. The van der Waals surface area contributed by atoms with Crippen LogP contribution < -0.4 is 5.32 Å². The molecule has 1 aromatic rings. The van der Waals surface area contributed by atoms with E-state index in [9.17, 15) is 0 Å². The van der Waals surface area contributed by atoms with Crippen LogP contribution >= 0.6 is 15.9 Å². The van der Waals surface area contributed by atoms with E-state index in [1.165, 1.54) is 24.8 Å². The van der Waals surface area contributed by atoms with Crippen molar-refractivity contribution in [1.82, 2.24) is 5.32 Å². The lowest BCUT2D eigenvalue weighted by atomic mass is 9.87. The van der Waals surface area contributed by atoms with Crippen molar-refractivity contribution in [2.24, 2.45) is 5.41 Å². The molecule has 2 heteroatoms. The first-order valence-corrected chi connectivity index (χ1v) is 6.85. The summed E-state index contributed by atoms with van der Waals surface area (Å²) in [4.78, 5) is 0. The third kappa shape index (κ3) is 2.86. The number of hydrogen-bond acceptors (Lipinski definition) is 1. The van der Waals surface area contributed by atoms with E-state index in [0.717, 1.165) is 11.0 Å². The number of rotatable bonds is 3. The average molecular weight is 282 g/mol. The summed E-state index contributed by atoms with van der Waals surface area (Å²) in [5.41, 5.74) is 1.82. The summed E-state index contributed by atoms with van der Waals surface area (Å²) >= 11 is 3.51. The van der Waals surface area contributed by atoms with Gasteiger partial charge in [-0.25, -0.2) is 0 Å². The summed E-state index contributed by atoms with van der Waals surface area (Å²) in [7, 11) is 0. The highest BCUT2D eigenvalue weighted by Gasteiger charge is 2.33. The maximum absolute atomic E-state index is 3.69. The predicted octanol–water partition coefficient (Wildman–Crippen LogP) is 4.12. The molecular weight excluding hydrogens is 262 g/mol. The summed E-state index contributed by atoms with van der Waals surface area (Å²) in [5.74, 6) is 0. The second kappa shape index (κ2) is 4.89. The van der Waals surface area contributed by atoms with E-state index in [1.807, 2.05) is 0 Å². The summed E-state index contributed by atoms with van der Waals surface area (Å²) in [6.07, 6.45) is 4.04. The summed E-state index contributed by atoms with van der Waals surface area (Å²) < 4.78 is 1.16. The normalized spacial score (nSPS) is 23.6. The Bertz CT molecular complexity index is 360. The van der Waals surface area contributed by atoms with Crippen molar-refractivity contribution in [1.29, 1.82) is 0 Å². The molecule has 1 nitrogen and oxygen atoms in total. The van der Waals surface area contributed by atoms with Gasteiger partial charge >= 0.3 is 0 Å². The van der Waals surface area contributed by atoms with Crippen molar-refractivity contribution in [2.45, 2.75) is 45.7 Å². The molecule has 0 saturated heterocycles. The molecule has 2 rings (SSSR count). The van der Waals surface area contributed by atoms with Crippen LogP contribution in [0.1, 0.15) is 38.7 Å². The third-order valence-electron chi connectivity index (χ3n) is 3.70. The Kier molecular flexibility index (Phi) is 3.70. The van der Waals surface area contributed by atoms with Crippen LogP contribution in [0.4, 0.5) is 0 Å². The molecule has 1 saturated carbocycles. The van der Waals surface area contributed by atoms with E-state index in [1.54, 1.807) is 0 Å². The van der Waals surface area contributed by atoms with Gasteiger partial charge in [-0.2, -0.15) is 0 Å². The molecule has 0 bridgehead atoms. The molecule has 0 radical (unpaired) electrons. The van der Waals surface area contributed by atoms with Crippen molar-refractivity contribution in [3.05, 3.63) is 34.3 Å². The van der Waals surface area contributed by atoms with Gasteiger partial charge in [-0.05, 0) is 36.0 Å². The fourth-order valence-electron chi connectivity index (χ4n) is 2.59. The minimum atomic E-state index is 0.464. The minimum Gasteiger partial charge on any atom is -0.309 e. The fourth-order valence-corrected chi connectivity index (χ4v) is 3.04. The van der Waals surface area contributed by atoms with Crippen LogP contribution in [0.15, 0.2) is 28.7 Å². The fraction of sp³-hybridized carbons (Fsp3) is 0.571. The Morgan fingerprint density at radius 1 is 1.44 bits per heavy atom. The zero-order chi connectivity index (χ0) is 11.6. The zero-order valence-electron chi connectivity index (χ0n) is 10.1. The van der Waals surface area contributed by atoms with Crippen LogP contribution in [0, 0.1) is 5.41 Å². The Labute approximate surface area is 107 Å². The van der Waals surface area contributed by atoms with E-state index < -0.39 is 0 Å². The molecule has 16 heavy (non-hydrogen) atoms. The highest BCUT2D eigenvalue weighted by Crippen LogP contribution is 2.37. The predicted molar refractivity (Wildman–Crippen MR) is 72.4 cm³/mol. The molecule has 1 aromatic carbocycles. The maximum atomic E-state index is 3.69. The van der Waals surface area contributed by atoms with Crippen molar-refractivity contribution >= 4 is 15.9 Å². The molecule has 1 N–H and O–H groups in total. The molecule has 1 atom stereocenters. The number of hydrogen-bond donors (Lipinski definition) is 1. The quantitative estimate of drug-likeness (QED) is 0.879. The molecule has 0 aliphatic heterocycles. The second-order valence-electron chi connectivity index (χ2n) is 5.44. The van der Waals surface area contributed by atoms with Gasteiger partial charge in [0.05, 0.1) is 0 Å². The van der Waals surface area contributed by atoms with Crippen LogP contribution in [-0.2, 0) is 6.54 Å². The molecule has 0 aromatic heterocycles. The molecule has 1 aliphatic rings. The van der Waals surface area contributed by atoms with E-state index >= 15 is 0 Å². The molecule has 88 valence electrons. The maximum Gasteiger partial charge on any atom is 0.0208 e. The zero-order valence-corrected chi connectivity index (χ0v) is 11.7. The Hall–Kier alpha value is -0.340. The van der Waals surface area contributed by atoms with Crippen molar-refractivity contribution in [3.63, 3.8) is 0 Å². The first-order chi connectivity index (χ1) is 7.58. The summed E-state index contributed by atoms with van der Waals surface area (Å²) in [6, 6.07) is 9.21. The highest BCUT2D eigenvalue weighted by atomic mass is 79.9. The molecule has 1 aliphatic carbocycles. The lowest BCUT2D eigenvalue weighted by Gasteiger charge is -2.28. The SMILES string of the molecule is CC1(C)CCCC1NCc1cccc(Br)c1. The van der Waals surface area contributed by atoms with Gasteiger partial charge in [0, 0.05) is 17.1 Å². The lowest BCUT2D eigenvalue weighted by molar-refractivity contribution is 0.282. The van der Waals surface area contributed by atoms with E-state index in [4.69, 9.17) is 0 Å². The van der Waals surface area contributed by atoms with Gasteiger partial charge in [-0.3, -0.25) is 0 Å². The van der Waals surface area contributed by atoms with E-state index in [2.05, 4.69) is 59.4 Å². The van der Waals surface area contributed by atoms with Gasteiger partial charge < -0.3 is 5.32 Å². The first kappa shape index (κ1) is 12.1.